The lowest BCUT2D eigenvalue weighted by molar-refractivity contribution is 1.10. The van der Waals surface area contributed by atoms with Crippen LogP contribution in [0.1, 0.15) is 22.5 Å². The summed E-state index contributed by atoms with van der Waals surface area (Å²) >= 11 is 0. The van der Waals surface area contributed by atoms with Crippen LogP contribution in [0.15, 0.2) is 24.4 Å². The van der Waals surface area contributed by atoms with E-state index in [1.807, 2.05) is 12.3 Å². The van der Waals surface area contributed by atoms with Gasteiger partial charge in [-0.3, -0.25) is 9.97 Å². The van der Waals surface area contributed by atoms with Crippen LogP contribution >= 0.6 is 0 Å². The molecule has 2 aromatic rings. The van der Waals surface area contributed by atoms with Crippen LogP contribution in [-0.2, 0) is 6.42 Å². The molecule has 0 atom stereocenters. The molecule has 0 unspecified atom stereocenters. The highest BCUT2D eigenvalue weighted by Crippen LogP contribution is 2.34. The minimum atomic E-state index is 0.930. The minimum absolute atomic E-state index is 0.930. The molecule has 0 amide bonds. The highest BCUT2D eigenvalue weighted by molar-refractivity contribution is 5.72. The average Bonchev–Trinajstić information content (AvgIpc) is 2.57. The fourth-order valence-electron chi connectivity index (χ4n) is 2.10. The third-order valence-corrected chi connectivity index (χ3v) is 3.05. The first-order chi connectivity index (χ1) is 7.25. The molecule has 2 nitrogen and oxygen atoms in total. The number of aryl methyl sites for hydroxylation is 2. The van der Waals surface area contributed by atoms with Crippen LogP contribution in [0.5, 0.6) is 0 Å². The van der Waals surface area contributed by atoms with Gasteiger partial charge in [0, 0.05) is 23.9 Å². The lowest BCUT2D eigenvalue weighted by Crippen LogP contribution is -1.91. The van der Waals surface area contributed by atoms with Crippen molar-refractivity contribution in [3.63, 3.8) is 0 Å². The van der Waals surface area contributed by atoms with Gasteiger partial charge in [-0.1, -0.05) is 6.07 Å². The molecule has 15 heavy (non-hydrogen) atoms. The lowest BCUT2D eigenvalue weighted by atomic mass is 10.1. The largest absolute Gasteiger partial charge is 0.260 e. The number of nitrogens with zero attached hydrogens (tertiary/aromatic N) is 2. The van der Waals surface area contributed by atoms with Gasteiger partial charge in [-0.05, 0) is 37.1 Å². The van der Waals surface area contributed by atoms with Crippen molar-refractivity contribution in [1.29, 1.82) is 0 Å². The number of hydrogen-bond acceptors (Lipinski definition) is 2. The van der Waals surface area contributed by atoms with Gasteiger partial charge in [-0.15, -0.1) is 0 Å². The monoisotopic (exact) mass is 196 g/mol. The maximum atomic E-state index is 4.65. The molecule has 0 saturated carbocycles. The second-order valence-electron chi connectivity index (χ2n) is 4.07. The van der Waals surface area contributed by atoms with Gasteiger partial charge < -0.3 is 0 Å². The minimum Gasteiger partial charge on any atom is -0.260 e. The molecular formula is C13H12N2. The van der Waals surface area contributed by atoms with Crippen molar-refractivity contribution in [2.24, 2.45) is 0 Å². The van der Waals surface area contributed by atoms with Crippen LogP contribution in [0.3, 0.4) is 0 Å². The average molecular weight is 196 g/mol. The maximum Gasteiger partial charge on any atom is 0.0759 e. The fourth-order valence-corrected chi connectivity index (χ4v) is 2.10. The van der Waals surface area contributed by atoms with E-state index < -0.39 is 0 Å². The normalized spacial score (nSPS) is 12.4. The van der Waals surface area contributed by atoms with Gasteiger partial charge in [0.1, 0.15) is 0 Å². The molecule has 3 rings (SSSR count). The Morgan fingerprint density at radius 2 is 2.13 bits per heavy atom. The van der Waals surface area contributed by atoms with E-state index in [-0.39, 0.29) is 0 Å². The Morgan fingerprint density at radius 3 is 3.00 bits per heavy atom. The summed E-state index contributed by atoms with van der Waals surface area (Å²) in [5.41, 5.74) is 7.18. The van der Waals surface area contributed by atoms with Gasteiger partial charge in [-0.25, -0.2) is 0 Å². The molecule has 2 heteroatoms. The summed E-state index contributed by atoms with van der Waals surface area (Å²) in [5.74, 6) is 0. The Balaban J connectivity index is 2.29. The van der Waals surface area contributed by atoms with E-state index in [1.165, 1.54) is 16.7 Å². The van der Waals surface area contributed by atoms with Gasteiger partial charge in [0.25, 0.3) is 0 Å². The zero-order chi connectivity index (χ0) is 10.4. The van der Waals surface area contributed by atoms with Crippen molar-refractivity contribution < 1.29 is 0 Å². The van der Waals surface area contributed by atoms with Crippen LogP contribution in [0, 0.1) is 13.8 Å². The molecule has 0 bridgehead atoms. The Bertz CT molecular complexity index is 544. The Hall–Kier alpha value is -1.70. The summed E-state index contributed by atoms with van der Waals surface area (Å²) in [4.78, 5) is 9.05. The van der Waals surface area contributed by atoms with E-state index in [4.69, 9.17) is 0 Å². The summed E-state index contributed by atoms with van der Waals surface area (Å²) in [6, 6.07) is 6.32. The number of pyridine rings is 2. The van der Waals surface area contributed by atoms with Crippen LogP contribution in [-0.4, -0.2) is 9.97 Å². The van der Waals surface area contributed by atoms with E-state index in [1.54, 1.807) is 0 Å². The smallest absolute Gasteiger partial charge is 0.0759 e. The van der Waals surface area contributed by atoms with Gasteiger partial charge >= 0.3 is 0 Å². The Kier molecular flexibility index (Phi) is 1.66. The second kappa shape index (κ2) is 2.89. The van der Waals surface area contributed by atoms with E-state index in [9.17, 15) is 0 Å². The molecule has 1 aliphatic rings. The predicted molar refractivity (Wildman–Crippen MR) is 59.7 cm³/mol. The maximum absolute atomic E-state index is 4.65. The zero-order valence-electron chi connectivity index (χ0n) is 8.91. The summed E-state index contributed by atoms with van der Waals surface area (Å²) in [7, 11) is 0. The molecule has 0 spiro atoms. The predicted octanol–water partition coefficient (Wildman–Crippen LogP) is 2.66. The lowest BCUT2D eigenvalue weighted by Gasteiger charge is -2.04. The third kappa shape index (κ3) is 1.18. The molecule has 0 aromatic carbocycles. The zero-order valence-corrected chi connectivity index (χ0v) is 8.91. The first-order valence-electron chi connectivity index (χ1n) is 5.17. The summed E-state index contributed by atoms with van der Waals surface area (Å²) in [6.45, 7) is 4.17. The molecular weight excluding hydrogens is 184 g/mol. The second-order valence-corrected chi connectivity index (χ2v) is 4.07. The molecule has 2 heterocycles. The van der Waals surface area contributed by atoms with Crippen molar-refractivity contribution in [1.82, 2.24) is 9.97 Å². The van der Waals surface area contributed by atoms with Gasteiger partial charge in [0.2, 0.25) is 0 Å². The number of hydrogen-bond donors (Lipinski definition) is 0. The standard InChI is InChI=1S/C13H12N2/c1-8-6-10-7-12-11(4-3-5-14-12)13(10)15-9(8)2/h3-6H,7H2,1-2H3. The van der Waals surface area contributed by atoms with Crippen LogP contribution < -0.4 is 0 Å². The highest BCUT2D eigenvalue weighted by atomic mass is 14.8. The van der Waals surface area contributed by atoms with Crippen molar-refractivity contribution in [2.75, 3.05) is 0 Å². The SMILES string of the molecule is Cc1cc2c(nc1C)-c1cccnc1C2. The Morgan fingerprint density at radius 1 is 1.27 bits per heavy atom. The number of fused-ring (bicyclic) bond motifs is 3. The van der Waals surface area contributed by atoms with Crippen LogP contribution in [0.2, 0.25) is 0 Å². The molecule has 0 aliphatic heterocycles. The molecule has 0 N–H and O–H groups in total. The van der Waals surface area contributed by atoms with Gasteiger partial charge in [-0.2, -0.15) is 0 Å². The molecule has 74 valence electrons. The first kappa shape index (κ1) is 8.60. The van der Waals surface area contributed by atoms with E-state index >= 15 is 0 Å². The molecule has 0 saturated heterocycles. The van der Waals surface area contributed by atoms with Crippen LogP contribution in [0.25, 0.3) is 11.3 Å². The van der Waals surface area contributed by atoms with Crippen molar-refractivity contribution >= 4 is 0 Å². The van der Waals surface area contributed by atoms with Crippen molar-refractivity contribution in [2.45, 2.75) is 20.3 Å². The summed E-state index contributed by atoms with van der Waals surface area (Å²) < 4.78 is 0. The molecule has 1 aliphatic carbocycles. The van der Waals surface area contributed by atoms with Gasteiger partial charge in [0.15, 0.2) is 0 Å². The fraction of sp³-hybridized carbons (Fsp3) is 0.231. The summed E-state index contributed by atoms with van der Waals surface area (Å²) in [5, 5.41) is 0. The molecule has 0 fully saturated rings. The number of rotatable bonds is 0. The van der Waals surface area contributed by atoms with Gasteiger partial charge in [0.05, 0.1) is 11.4 Å². The molecule has 0 radical (unpaired) electrons. The summed E-state index contributed by atoms with van der Waals surface area (Å²) in [6.07, 6.45) is 2.78. The Labute approximate surface area is 89.0 Å². The van der Waals surface area contributed by atoms with E-state index in [2.05, 4.69) is 35.9 Å². The topological polar surface area (TPSA) is 25.8 Å². The highest BCUT2D eigenvalue weighted by Gasteiger charge is 2.20. The first-order valence-corrected chi connectivity index (χ1v) is 5.17. The number of aromatic nitrogens is 2. The van der Waals surface area contributed by atoms with Crippen LogP contribution in [0.4, 0.5) is 0 Å². The third-order valence-electron chi connectivity index (χ3n) is 3.05. The molecule has 2 aromatic heterocycles. The van der Waals surface area contributed by atoms with E-state index in [0.29, 0.717) is 0 Å². The quantitative estimate of drug-likeness (QED) is 0.552. The van der Waals surface area contributed by atoms with Crippen molar-refractivity contribution in [3.8, 4) is 11.3 Å². The van der Waals surface area contributed by atoms with E-state index in [0.717, 1.165) is 23.5 Å². The van der Waals surface area contributed by atoms with Crippen molar-refractivity contribution in [3.05, 3.63) is 46.9 Å².